The van der Waals surface area contributed by atoms with Crippen molar-refractivity contribution < 1.29 is 4.74 Å². The molecule has 1 saturated heterocycles. The number of morpholine rings is 1. The van der Waals surface area contributed by atoms with Crippen LogP contribution in [0, 0.1) is 11.3 Å². The Hall–Kier alpha value is -2.89. The van der Waals surface area contributed by atoms with Crippen LogP contribution in [-0.2, 0) is 4.74 Å². The third-order valence-electron chi connectivity index (χ3n) is 4.01. The third kappa shape index (κ3) is 2.73. The Morgan fingerprint density at radius 1 is 1.12 bits per heavy atom. The largest absolute Gasteiger partial charge is 0.378 e. The SMILES string of the molecule is N#Cc1nc(N2CCOCC2)c2nc(N)n(-c3ccc(Cl)cc3)c2n1. The summed E-state index contributed by atoms with van der Waals surface area (Å²) in [6, 6.07) is 9.18. The van der Waals surface area contributed by atoms with Crippen molar-refractivity contribution >= 4 is 34.5 Å². The number of nitrogen functional groups attached to an aromatic ring is 1. The monoisotopic (exact) mass is 355 g/mol. The molecule has 1 fully saturated rings. The van der Waals surface area contributed by atoms with Gasteiger partial charge in [-0.3, -0.25) is 4.57 Å². The number of hydrogen-bond donors (Lipinski definition) is 1. The summed E-state index contributed by atoms with van der Waals surface area (Å²) in [5, 5.41) is 9.95. The smallest absolute Gasteiger partial charge is 0.236 e. The van der Waals surface area contributed by atoms with Gasteiger partial charge in [0, 0.05) is 18.1 Å². The molecule has 1 aliphatic heterocycles. The molecule has 9 heteroatoms. The highest BCUT2D eigenvalue weighted by atomic mass is 35.5. The number of ether oxygens (including phenoxy) is 1. The number of anilines is 2. The zero-order valence-electron chi connectivity index (χ0n) is 13.2. The molecule has 0 amide bonds. The number of halogens is 1. The number of hydrogen-bond acceptors (Lipinski definition) is 7. The van der Waals surface area contributed by atoms with Gasteiger partial charge in [-0.1, -0.05) is 11.6 Å². The van der Waals surface area contributed by atoms with Gasteiger partial charge < -0.3 is 15.4 Å². The van der Waals surface area contributed by atoms with E-state index in [0.29, 0.717) is 48.3 Å². The lowest BCUT2D eigenvalue weighted by molar-refractivity contribution is 0.122. The maximum Gasteiger partial charge on any atom is 0.236 e. The Balaban J connectivity index is 1.95. The van der Waals surface area contributed by atoms with Crippen LogP contribution < -0.4 is 10.6 Å². The van der Waals surface area contributed by atoms with E-state index in [-0.39, 0.29) is 11.8 Å². The molecule has 3 heterocycles. The first-order chi connectivity index (χ1) is 12.2. The second-order valence-electron chi connectivity index (χ2n) is 5.54. The molecule has 8 nitrogen and oxygen atoms in total. The van der Waals surface area contributed by atoms with E-state index in [1.54, 1.807) is 16.7 Å². The Morgan fingerprint density at radius 2 is 1.84 bits per heavy atom. The number of rotatable bonds is 2. The van der Waals surface area contributed by atoms with Crippen LogP contribution in [0.15, 0.2) is 24.3 Å². The topological polar surface area (TPSA) is 106 Å². The van der Waals surface area contributed by atoms with E-state index in [1.165, 1.54) is 0 Å². The molecule has 1 aromatic carbocycles. The minimum atomic E-state index is 0.0732. The van der Waals surface area contributed by atoms with Crippen LogP contribution in [0.2, 0.25) is 5.02 Å². The first-order valence-electron chi connectivity index (χ1n) is 7.72. The van der Waals surface area contributed by atoms with Crippen LogP contribution in [0.3, 0.4) is 0 Å². The summed E-state index contributed by atoms with van der Waals surface area (Å²) in [5.41, 5.74) is 7.96. The van der Waals surface area contributed by atoms with E-state index in [2.05, 4.69) is 15.0 Å². The van der Waals surface area contributed by atoms with E-state index < -0.39 is 0 Å². The van der Waals surface area contributed by atoms with Crippen molar-refractivity contribution in [2.24, 2.45) is 0 Å². The third-order valence-corrected chi connectivity index (χ3v) is 4.26. The molecule has 2 N–H and O–H groups in total. The van der Waals surface area contributed by atoms with Gasteiger partial charge >= 0.3 is 0 Å². The van der Waals surface area contributed by atoms with Crippen molar-refractivity contribution in [3.63, 3.8) is 0 Å². The highest BCUT2D eigenvalue weighted by molar-refractivity contribution is 6.30. The van der Waals surface area contributed by atoms with Gasteiger partial charge in [0.15, 0.2) is 17.0 Å². The van der Waals surface area contributed by atoms with E-state index in [4.69, 9.17) is 22.1 Å². The molecule has 0 saturated carbocycles. The van der Waals surface area contributed by atoms with Gasteiger partial charge in [0.05, 0.1) is 18.9 Å². The maximum atomic E-state index is 9.33. The molecule has 0 radical (unpaired) electrons. The molecule has 0 unspecified atom stereocenters. The fourth-order valence-electron chi connectivity index (χ4n) is 2.85. The molecule has 0 spiro atoms. The number of nitrogens with zero attached hydrogens (tertiary/aromatic N) is 6. The Labute approximate surface area is 148 Å². The molecule has 4 rings (SSSR count). The van der Waals surface area contributed by atoms with Crippen molar-refractivity contribution in [1.29, 1.82) is 5.26 Å². The number of imidazole rings is 1. The van der Waals surface area contributed by atoms with Crippen LogP contribution in [0.25, 0.3) is 16.9 Å². The van der Waals surface area contributed by atoms with Crippen LogP contribution in [0.1, 0.15) is 5.82 Å². The van der Waals surface area contributed by atoms with E-state index in [1.807, 2.05) is 23.1 Å². The first kappa shape index (κ1) is 15.6. The Morgan fingerprint density at radius 3 is 2.52 bits per heavy atom. The molecule has 1 aliphatic rings. The first-order valence-corrected chi connectivity index (χ1v) is 8.10. The predicted molar refractivity (Wildman–Crippen MR) is 93.8 cm³/mol. The Bertz CT molecular complexity index is 971. The number of fused-ring (bicyclic) bond motifs is 1. The zero-order chi connectivity index (χ0) is 17.4. The van der Waals surface area contributed by atoms with Gasteiger partial charge in [-0.25, -0.2) is 4.98 Å². The minimum absolute atomic E-state index is 0.0732. The van der Waals surface area contributed by atoms with Crippen molar-refractivity contribution in [3.8, 4) is 11.8 Å². The van der Waals surface area contributed by atoms with Gasteiger partial charge in [0.2, 0.25) is 11.8 Å². The molecular formula is C16H14ClN7O. The lowest BCUT2D eigenvalue weighted by Crippen LogP contribution is -2.37. The molecule has 0 aliphatic carbocycles. The summed E-state index contributed by atoms with van der Waals surface area (Å²) < 4.78 is 7.08. The summed E-state index contributed by atoms with van der Waals surface area (Å²) in [6.45, 7) is 2.54. The molecule has 0 bridgehead atoms. The lowest BCUT2D eigenvalue weighted by atomic mass is 10.3. The normalized spacial score (nSPS) is 14.6. The zero-order valence-corrected chi connectivity index (χ0v) is 13.9. The molecular weight excluding hydrogens is 342 g/mol. The summed E-state index contributed by atoms with van der Waals surface area (Å²) in [6.07, 6.45) is 0. The number of nitriles is 1. The average Bonchev–Trinajstić information content (AvgIpc) is 2.98. The van der Waals surface area contributed by atoms with E-state index >= 15 is 0 Å². The van der Waals surface area contributed by atoms with Gasteiger partial charge in [-0.2, -0.15) is 15.2 Å². The second-order valence-corrected chi connectivity index (χ2v) is 5.97. The maximum absolute atomic E-state index is 9.33. The summed E-state index contributed by atoms with van der Waals surface area (Å²) >= 11 is 5.96. The highest BCUT2D eigenvalue weighted by Gasteiger charge is 2.22. The van der Waals surface area contributed by atoms with Gasteiger partial charge in [-0.05, 0) is 24.3 Å². The molecule has 25 heavy (non-hydrogen) atoms. The van der Waals surface area contributed by atoms with Crippen LogP contribution in [0.5, 0.6) is 0 Å². The van der Waals surface area contributed by atoms with Gasteiger partial charge in [-0.15, -0.1) is 0 Å². The van der Waals surface area contributed by atoms with Crippen molar-refractivity contribution in [1.82, 2.24) is 19.5 Å². The van der Waals surface area contributed by atoms with Crippen molar-refractivity contribution in [2.75, 3.05) is 36.9 Å². The molecule has 126 valence electrons. The molecule has 0 atom stereocenters. The highest BCUT2D eigenvalue weighted by Crippen LogP contribution is 2.29. The lowest BCUT2D eigenvalue weighted by Gasteiger charge is -2.27. The standard InChI is InChI=1S/C16H14ClN7O/c17-10-1-3-11(4-2-10)24-15-13(22-16(24)19)14(20-12(9-18)21-15)23-5-7-25-8-6-23/h1-4H,5-8H2,(H2,19,22). The fourth-order valence-corrected chi connectivity index (χ4v) is 2.98. The van der Waals surface area contributed by atoms with Gasteiger partial charge in [0.1, 0.15) is 6.07 Å². The molecule has 2 aromatic heterocycles. The number of nitrogens with two attached hydrogens (primary N) is 1. The summed E-state index contributed by atoms with van der Waals surface area (Å²) in [5.74, 6) is 0.949. The van der Waals surface area contributed by atoms with Crippen LogP contribution in [0.4, 0.5) is 11.8 Å². The summed E-state index contributed by atoms with van der Waals surface area (Å²) in [7, 11) is 0. The minimum Gasteiger partial charge on any atom is -0.378 e. The van der Waals surface area contributed by atoms with Crippen molar-refractivity contribution in [2.45, 2.75) is 0 Å². The molecule has 3 aromatic rings. The Kier molecular flexibility index (Phi) is 3.87. The van der Waals surface area contributed by atoms with Gasteiger partial charge in [0.25, 0.3) is 0 Å². The fraction of sp³-hybridized carbons (Fsp3) is 0.250. The predicted octanol–water partition coefficient (Wildman–Crippen LogP) is 1.76. The summed E-state index contributed by atoms with van der Waals surface area (Å²) in [4.78, 5) is 15.2. The van der Waals surface area contributed by atoms with E-state index in [0.717, 1.165) is 5.69 Å². The van der Waals surface area contributed by atoms with Crippen LogP contribution in [-0.4, -0.2) is 45.8 Å². The van der Waals surface area contributed by atoms with Crippen molar-refractivity contribution in [3.05, 3.63) is 35.1 Å². The average molecular weight is 356 g/mol. The number of aromatic nitrogens is 4. The van der Waals surface area contributed by atoms with Crippen LogP contribution >= 0.6 is 11.6 Å². The number of benzene rings is 1. The quantitative estimate of drug-likeness (QED) is 0.746. The second kappa shape index (κ2) is 6.20. The van der Waals surface area contributed by atoms with E-state index in [9.17, 15) is 5.26 Å².